The lowest BCUT2D eigenvalue weighted by atomic mass is 9.96. The quantitative estimate of drug-likeness (QED) is 0.766. The number of hydrogen-bond donors (Lipinski definition) is 1. The predicted octanol–water partition coefficient (Wildman–Crippen LogP) is 3.76. The fraction of sp³-hybridized carbons (Fsp3) is 0.118. The van der Waals surface area contributed by atoms with Crippen molar-refractivity contribution in [1.82, 2.24) is 4.98 Å². The minimum absolute atomic E-state index is 0.293. The number of fused-ring (bicyclic) bond motifs is 1. The molecule has 0 radical (unpaired) electrons. The molecule has 100 valence electrons. The molecule has 1 unspecified atom stereocenters. The van der Waals surface area contributed by atoms with Crippen molar-refractivity contribution in [3.63, 3.8) is 0 Å². The van der Waals surface area contributed by atoms with Gasteiger partial charge in [0.1, 0.15) is 11.9 Å². The summed E-state index contributed by atoms with van der Waals surface area (Å²) in [6, 6.07) is 14.2. The normalized spacial score (nSPS) is 12.6. The average molecular weight is 267 g/mol. The van der Waals surface area contributed by atoms with E-state index in [0.717, 1.165) is 10.9 Å². The van der Waals surface area contributed by atoms with Crippen molar-refractivity contribution < 1.29 is 9.50 Å². The number of nitrogens with zero attached hydrogens (tertiary/aromatic N) is 1. The second-order valence-electron chi connectivity index (χ2n) is 4.80. The summed E-state index contributed by atoms with van der Waals surface area (Å²) in [5.41, 5.74) is 2.28. The van der Waals surface area contributed by atoms with Crippen LogP contribution in [-0.2, 0) is 0 Å². The van der Waals surface area contributed by atoms with Gasteiger partial charge in [0.15, 0.2) is 0 Å². The zero-order chi connectivity index (χ0) is 14.1. The number of aliphatic hydroxyl groups is 1. The minimum atomic E-state index is -0.997. The standard InChI is InChI=1S/C17H14FNO/c1-11-5-2-7-14(16(11)18)17(20)13-6-3-9-15-12(13)8-4-10-19-15/h2-10,17,20H,1H3. The molecule has 2 aromatic carbocycles. The van der Waals surface area contributed by atoms with Crippen LogP contribution < -0.4 is 0 Å². The summed E-state index contributed by atoms with van der Waals surface area (Å²) in [6.45, 7) is 1.69. The SMILES string of the molecule is Cc1cccc(C(O)c2cccc3ncccc23)c1F. The van der Waals surface area contributed by atoms with Gasteiger partial charge in [-0.2, -0.15) is 0 Å². The van der Waals surface area contributed by atoms with Gasteiger partial charge < -0.3 is 5.11 Å². The molecule has 1 atom stereocenters. The first-order valence-electron chi connectivity index (χ1n) is 6.45. The van der Waals surface area contributed by atoms with Gasteiger partial charge in [-0.25, -0.2) is 4.39 Å². The lowest BCUT2D eigenvalue weighted by molar-refractivity contribution is 0.216. The van der Waals surface area contributed by atoms with Crippen molar-refractivity contribution in [2.45, 2.75) is 13.0 Å². The van der Waals surface area contributed by atoms with E-state index in [2.05, 4.69) is 4.98 Å². The second-order valence-corrected chi connectivity index (χ2v) is 4.80. The third kappa shape index (κ3) is 2.06. The Kier molecular flexibility index (Phi) is 3.20. The van der Waals surface area contributed by atoms with Gasteiger partial charge in [0.05, 0.1) is 5.52 Å². The molecule has 0 spiro atoms. The first kappa shape index (κ1) is 12.8. The number of halogens is 1. The number of rotatable bonds is 2. The summed E-state index contributed by atoms with van der Waals surface area (Å²) in [4.78, 5) is 4.25. The minimum Gasteiger partial charge on any atom is -0.384 e. The lowest BCUT2D eigenvalue weighted by Crippen LogP contribution is -2.04. The third-order valence-electron chi connectivity index (χ3n) is 3.49. The number of pyridine rings is 1. The predicted molar refractivity (Wildman–Crippen MR) is 76.9 cm³/mol. The Balaban J connectivity index is 2.18. The van der Waals surface area contributed by atoms with Gasteiger partial charge in [0.2, 0.25) is 0 Å². The molecular weight excluding hydrogens is 253 g/mol. The first-order chi connectivity index (χ1) is 9.68. The van der Waals surface area contributed by atoms with Gasteiger partial charge in [-0.3, -0.25) is 4.98 Å². The van der Waals surface area contributed by atoms with Crippen LogP contribution in [0.4, 0.5) is 4.39 Å². The van der Waals surface area contributed by atoms with E-state index in [1.165, 1.54) is 0 Å². The average Bonchev–Trinajstić information content (AvgIpc) is 2.49. The molecule has 0 bridgehead atoms. The van der Waals surface area contributed by atoms with Crippen LogP contribution >= 0.6 is 0 Å². The summed E-state index contributed by atoms with van der Waals surface area (Å²) in [7, 11) is 0. The lowest BCUT2D eigenvalue weighted by Gasteiger charge is -2.15. The van der Waals surface area contributed by atoms with Crippen LogP contribution in [0.1, 0.15) is 22.8 Å². The number of hydrogen-bond acceptors (Lipinski definition) is 2. The van der Waals surface area contributed by atoms with Gasteiger partial charge in [0, 0.05) is 17.1 Å². The number of aliphatic hydroxyl groups excluding tert-OH is 1. The monoisotopic (exact) mass is 267 g/mol. The topological polar surface area (TPSA) is 33.1 Å². The van der Waals surface area contributed by atoms with Crippen molar-refractivity contribution in [3.8, 4) is 0 Å². The number of aryl methyl sites for hydroxylation is 1. The molecule has 1 N–H and O–H groups in total. The van der Waals surface area contributed by atoms with E-state index in [-0.39, 0.29) is 5.82 Å². The maximum atomic E-state index is 14.2. The third-order valence-corrected chi connectivity index (χ3v) is 3.49. The highest BCUT2D eigenvalue weighted by Crippen LogP contribution is 2.30. The molecular formula is C17H14FNO. The van der Waals surface area contributed by atoms with Gasteiger partial charge >= 0.3 is 0 Å². The summed E-state index contributed by atoms with van der Waals surface area (Å²) in [5.74, 6) is -0.360. The van der Waals surface area contributed by atoms with Crippen molar-refractivity contribution >= 4 is 10.9 Å². The molecule has 3 heteroatoms. The van der Waals surface area contributed by atoms with E-state index < -0.39 is 6.10 Å². The Labute approximate surface area is 116 Å². The van der Waals surface area contributed by atoms with Crippen molar-refractivity contribution in [2.24, 2.45) is 0 Å². The largest absolute Gasteiger partial charge is 0.384 e. The molecule has 1 heterocycles. The fourth-order valence-electron chi connectivity index (χ4n) is 2.41. The van der Waals surface area contributed by atoms with E-state index in [9.17, 15) is 9.50 Å². The molecule has 0 saturated carbocycles. The highest BCUT2D eigenvalue weighted by molar-refractivity contribution is 5.82. The smallest absolute Gasteiger partial charge is 0.132 e. The zero-order valence-electron chi connectivity index (χ0n) is 11.0. The molecule has 0 saturated heterocycles. The van der Waals surface area contributed by atoms with E-state index in [4.69, 9.17) is 0 Å². The molecule has 0 aliphatic carbocycles. The van der Waals surface area contributed by atoms with Crippen LogP contribution in [0.25, 0.3) is 10.9 Å². The number of benzene rings is 2. The molecule has 3 rings (SSSR count). The number of aromatic nitrogens is 1. The van der Waals surface area contributed by atoms with Gasteiger partial charge in [-0.05, 0) is 30.2 Å². The van der Waals surface area contributed by atoms with Crippen molar-refractivity contribution in [2.75, 3.05) is 0 Å². The molecule has 0 aliphatic heterocycles. The second kappa shape index (κ2) is 5.02. The Morgan fingerprint density at radius 1 is 1.00 bits per heavy atom. The fourth-order valence-corrected chi connectivity index (χ4v) is 2.41. The Morgan fingerprint density at radius 2 is 1.75 bits per heavy atom. The Hall–Kier alpha value is -2.26. The highest BCUT2D eigenvalue weighted by atomic mass is 19.1. The molecule has 1 aromatic heterocycles. The van der Waals surface area contributed by atoms with Crippen molar-refractivity contribution in [3.05, 3.63) is 77.2 Å². The zero-order valence-corrected chi connectivity index (χ0v) is 11.0. The van der Waals surface area contributed by atoms with E-state index >= 15 is 0 Å². The summed E-state index contributed by atoms with van der Waals surface area (Å²) in [6.07, 6.45) is 0.703. The van der Waals surface area contributed by atoms with Gasteiger partial charge in [-0.1, -0.05) is 36.4 Å². The van der Waals surface area contributed by atoms with Crippen LogP contribution in [0, 0.1) is 12.7 Å². The van der Waals surface area contributed by atoms with Crippen LogP contribution in [0.5, 0.6) is 0 Å². The van der Waals surface area contributed by atoms with Crippen LogP contribution in [-0.4, -0.2) is 10.1 Å². The highest BCUT2D eigenvalue weighted by Gasteiger charge is 2.18. The summed E-state index contributed by atoms with van der Waals surface area (Å²) in [5, 5.41) is 11.4. The summed E-state index contributed by atoms with van der Waals surface area (Å²) >= 11 is 0. The maximum Gasteiger partial charge on any atom is 0.132 e. The molecule has 2 nitrogen and oxygen atoms in total. The molecule has 20 heavy (non-hydrogen) atoms. The van der Waals surface area contributed by atoms with Crippen LogP contribution in [0.2, 0.25) is 0 Å². The summed E-state index contributed by atoms with van der Waals surface area (Å²) < 4.78 is 14.2. The van der Waals surface area contributed by atoms with E-state index in [1.807, 2.05) is 24.3 Å². The van der Waals surface area contributed by atoms with Gasteiger partial charge in [0.25, 0.3) is 0 Å². The first-order valence-corrected chi connectivity index (χ1v) is 6.45. The molecule has 0 amide bonds. The van der Waals surface area contributed by atoms with Crippen LogP contribution in [0.15, 0.2) is 54.7 Å². The van der Waals surface area contributed by atoms with Gasteiger partial charge in [-0.15, -0.1) is 0 Å². The van der Waals surface area contributed by atoms with E-state index in [0.29, 0.717) is 16.7 Å². The van der Waals surface area contributed by atoms with E-state index in [1.54, 1.807) is 37.4 Å². The Morgan fingerprint density at radius 3 is 2.60 bits per heavy atom. The molecule has 3 aromatic rings. The molecule has 0 aliphatic rings. The Bertz CT molecular complexity index is 765. The van der Waals surface area contributed by atoms with Crippen molar-refractivity contribution in [1.29, 1.82) is 0 Å². The maximum absolute atomic E-state index is 14.2. The van der Waals surface area contributed by atoms with Crippen LogP contribution in [0.3, 0.4) is 0 Å². The molecule has 0 fully saturated rings.